The van der Waals surface area contributed by atoms with E-state index in [-0.39, 0.29) is 24.4 Å². The van der Waals surface area contributed by atoms with Crippen LogP contribution in [0.15, 0.2) is 60.1 Å². The first kappa shape index (κ1) is 20.6. The van der Waals surface area contributed by atoms with Gasteiger partial charge in [0.1, 0.15) is 5.69 Å². The lowest BCUT2D eigenvalue weighted by atomic mass is 10.0. The molecule has 0 spiro atoms. The van der Waals surface area contributed by atoms with Crippen molar-refractivity contribution in [1.29, 1.82) is 0 Å². The standard InChI is InChI=1S/C21H24N4OS.ClH/c26-21(18-10-12-25(24-18)17-8-4-11-22-15-17)23-19(20-9-5-13-27-20)14-16-6-2-1-3-7-16;/h1-3,5-7,9-10,12-13,17,19,22H,4,8,11,14-15H2,(H,23,26);1H. The van der Waals surface area contributed by atoms with Crippen LogP contribution in [0.25, 0.3) is 0 Å². The third-order valence-corrected chi connectivity index (χ3v) is 5.95. The highest BCUT2D eigenvalue weighted by Gasteiger charge is 2.21. The van der Waals surface area contributed by atoms with E-state index in [9.17, 15) is 4.79 Å². The summed E-state index contributed by atoms with van der Waals surface area (Å²) in [4.78, 5) is 14.0. The minimum atomic E-state index is -0.119. The van der Waals surface area contributed by atoms with Crippen LogP contribution < -0.4 is 10.6 Å². The molecule has 0 saturated carbocycles. The van der Waals surface area contributed by atoms with E-state index in [1.807, 2.05) is 46.6 Å². The molecule has 2 atom stereocenters. The van der Waals surface area contributed by atoms with E-state index in [1.54, 1.807) is 11.3 Å². The number of carbonyl (C=O) groups excluding carboxylic acids is 1. The average molecular weight is 417 g/mol. The van der Waals surface area contributed by atoms with Crippen molar-refractivity contribution < 1.29 is 4.79 Å². The van der Waals surface area contributed by atoms with Crippen molar-refractivity contribution in [2.24, 2.45) is 0 Å². The van der Waals surface area contributed by atoms with Crippen molar-refractivity contribution in [3.8, 4) is 0 Å². The van der Waals surface area contributed by atoms with Gasteiger partial charge in [0.25, 0.3) is 5.91 Å². The van der Waals surface area contributed by atoms with Gasteiger partial charge in [-0.05, 0) is 48.9 Å². The Balaban J connectivity index is 0.00000225. The Bertz CT molecular complexity index is 860. The summed E-state index contributed by atoms with van der Waals surface area (Å²) in [7, 11) is 0. The minimum Gasteiger partial charge on any atom is -0.343 e. The molecule has 0 aliphatic carbocycles. The lowest BCUT2D eigenvalue weighted by Crippen LogP contribution is -2.32. The van der Waals surface area contributed by atoms with Gasteiger partial charge in [0.2, 0.25) is 0 Å². The number of nitrogens with zero attached hydrogens (tertiary/aromatic N) is 2. The maximum atomic E-state index is 12.8. The smallest absolute Gasteiger partial charge is 0.272 e. The molecule has 4 rings (SSSR count). The van der Waals surface area contributed by atoms with E-state index < -0.39 is 0 Å². The van der Waals surface area contributed by atoms with Crippen molar-refractivity contribution in [3.63, 3.8) is 0 Å². The minimum absolute atomic E-state index is 0. The lowest BCUT2D eigenvalue weighted by Gasteiger charge is -2.23. The second kappa shape index (κ2) is 9.87. The Kier molecular flexibility index (Phi) is 7.25. The van der Waals surface area contributed by atoms with Crippen LogP contribution in [0.2, 0.25) is 0 Å². The van der Waals surface area contributed by atoms with Gasteiger partial charge in [0, 0.05) is 17.6 Å². The van der Waals surface area contributed by atoms with Gasteiger partial charge in [-0.15, -0.1) is 23.7 Å². The zero-order valence-electron chi connectivity index (χ0n) is 15.6. The number of hydrogen-bond acceptors (Lipinski definition) is 4. The molecule has 0 bridgehead atoms. The van der Waals surface area contributed by atoms with Crippen molar-refractivity contribution in [3.05, 3.63) is 76.2 Å². The third-order valence-electron chi connectivity index (χ3n) is 4.96. The summed E-state index contributed by atoms with van der Waals surface area (Å²) in [5, 5.41) is 13.2. The molecule has 0 radical (unpaired) electrons. The van der Waals surface area contributed by atoms with Crippen LogP contribution in [-0.2, 0) is 6.42 Å². The number of thiophene rings is 1. The van der Waals surface area contributed by atoms with Crippen molar-refractivity contribution in [2.75, 3.05) is 13.1 Å². The molecular formula is C21H25ClN4OS. The molecule has 1 fully saturated rings. The molecule has 1 aliphatic heterocycles. The van der Waals surface area contributed by atoms with Gasteiger partial charge in [-0.3, -0.25) is 9.48 Å². The van der Waals surface area contributed by atoms with Crippen LogP contribution in [-0.4, -0.2) is 28.8 Å². The van der Waals surface area contributed by atoms with Gasteiger partial charge >= 0.3 is 0 Å². The molecule has 1 amide bonds. The first-order valence-corrected chi connectivity index (χ1v) is 10.3. The topological polar surface area (TPSA) is 59.0 Å². The van der Waals surface area contributed by atoms with Crippen LogP contribution in [0, 0.1) is 0 Å². The number of hydrogen-bond donors (Lipinski definition) is 2. The molecule has 1 saturated heterocycles. The van der Waals surface area contributed by atoms with Crippen LogP contribution in [0.5, 0.6) is 0 Å². The summed E-state index contributed by atoms with van der Waals surface area (Å²) in [6.45, 7) is 1.97. The van der Waals surface area contributed by atoms with Crippen molar-refractivity contribution in [2.45, 2.75) is 31.3 Å². The fraction of sp³-hybridized carbons (Fsp3) is 0.333. The van der Waals surface area contributed by atoms with Gasteiger partial charge in [0.15, 0.2) is 0 Å². The highest BCUT2D eigenvalue weighted by Crippen LogP contribution is 2.23. The number of carbonyl (C=O) groups is 1. The molecule has 1 aromatic carbocycles. The molecule has 2 unspecified atom stereocenters. The van der Waals surface area contributed by atoms with E-state index in [1.165, 1.54) is 5.56 Å². The van der Waals surface area contributed by atoms with E-state index >= 15 is 0 Å². The third kappa shape index (κ3) is 5.01. The predicted octanol–water partition coefficient (Wildman–Crippen LogP) is 4.00. The Labute approximate surface area is 175 Å². The Morgan fingerprint density at radius 3 is 2.82 bits per heavy atom. The summed E-state index contributed by atoms with van der Waals surface area (Å²) in [5.74, 6) is -0.119. The lowest BCUT2D eigenvalue weighted by molar-refractivity contribution is 0.0930. The first-order chi connectivity index (χ1) is 13.3. The van der Waals surface area contributed by atoms with E-state index in [4.69, 9.17) is 0 Å². The first-order valence-electron chi connectivity index (χ1n) is 9.43. The van der Waals surface area contributed by atoms with Crippen LogP contribution in [0.4, 0.5) is 0 Å². The summed E-state index contributed by atoms with van der Waals surface area (Å²) in [6, 6.07) is 16.5. The molecule has 28 heavy (non-hydrogen) atoms. The fourth-order valence-electron chi connectivity index (χ4n) is 3.52. The normalized spacial score (nSPS) is 17.5. The number of amides is 1. The monoisotopic (exact) mass is 416 g/mol. The summed E-state index contributed by atoms with van der Waals surface area (Å²) in [6.07, 6.45) is 4.93. The quantitative estimate of drug-likeness (QED) is 0.638. The molecule has 2 N–H and O–H groups in total. The molecule has 3 heterocycles. The van der Waals surface area contributed by atoms with Gasteiger partial charge < -0.3 is 10.6 Å². The molecular weight excluding hydrogens is 392 g/mol. The second-order valence-corrected chi connectivity index (χ2v) is 7.89. The fourth-order valence-corrected chi connectivity index (χ4v) is 4.29. The summed E-state index contributed by atoms with van der Waals surface area (Å²) >= 11 is 1.67. The summed E-state index contributed by atoms with van der Waals surface area (Å²) in [5.41, 5.74) is 1.69. The van der Waals surface area contributed by atoms with Gasteiger partial charge in [-0.1, -0.05) is 36.4 Å². The van der Waals surface area contributed by atoms with E-state index in [2.05, 4.69) is 33.9 Å². The number of benzene rings is 1. The number of nitrogens with one attached hydrogen (secondary N) is 2. The van der Waals surface area contributed by atoms with Crippen molar-refractivity contribution >= 4 is 29.7 Å². The number of rotatable bonds is 6. The molecule has 148 valence electrons. The maximum absolute atomic E-state index is 12.8. The SMILES string of the molecule is Cl.O=C(NC(Cc1ccccc1)c1cccs1)c1ccn(C2CCCNC2)n1. The molecule has 2 aromatic heterocycles. The highest BCUT2D eigenvalue weighted by molar-refractivity contribution is 7.10. The predicted molar refractivity (Wildman–Crippen MR) is 115 cm³/mol. The van der Waals surface area contributed by atoms with E-state index in [0.717, 1.165) is 37.2 Å². The van der Waals surface area contributed by atoms with Crippen LogP contribution in [0.3, 0.4) is 0 Å². The molecule has 1 aliphatic rings. The maximum Gasteiger partial charge on any atom is 0.272 e. The van der Waals surface area contributed by atoms with Crippen molar-refractivity contribution in [1.82, 2.24) is 20.4 Å². The average Bonchev–Trinajstić information content (AvgIpc) is 3.41. The van der Waals surface area contributed by atoms with Crippen LogP contribution in [0.1, 0.15) is 45.9 Å². The number of piperidine rings is 1. The van der Waals surface area contributed by atoms with E-state index in [0.29, 0.717) is 11.7 Å². The largest absolute Gasteiger partial charge is 0.343 e. The zero-order chi connectivity index (χ0) is 18.5. The Hall–Kier alpha value is -2.15. The van der Waals surface area contributed by atoms with Crippen LogP contribution >= 0.6 is 23.7 Å². The van der Waals surface area contributed by atoms with Gasteiger partial charge in [0.05, 0.1) is 12.1 Å². The number of aromatic nitrogens is 2. The molecule has 7 heteroatoms. The highest BCUT2D eigenvalue weighted by atomic mass is 35.5. The van der Waals surface area contributed by atoms with Gasteiger partial charge in [-0.2, -0.15) is 5.10 Å². The number of halogens is 1. The Morgan fingerprint density at radius 1 is 1.25 bits per heavy atom. The van der Waals surface area contributed by atoms with Gasteiger partial charge in [-0.25, -0.2) is 0 Å². The molecule has 3 aromatic rings. The zero-order valence-corrected chi connectivity index (χ0v) is 17.2. The summed E-state index contributed by atoms with van der Waals surface area (Å²) < 4.78 is 1.93. The second-order valence-electron chi connectivity index (χ2n) is 6.91. The Morgan fingerprint density at radius 2 is 2.11 bits per heavy atom. The molecule has 5 nitrogen and oxygen atoms in total.